The number of fused-ring (bicyclic) bond motifs is 1. The summed E-state index contributed by atoms with van der Waals surface area (Å²) in [5, 5.41) is 9.10. The Hall–Kier alpha value is -3.18. The topological polar surface area (TPSA) is 50.4 Å². The van der Waals surface area contributed by atoms with Crippen LogP contribution >= 0.6 is 12.2 Å². The molecule has 4 nitrogen and oxygen atoms in total. The molecule has 1 atom stereocenters. The number of carbonyl (C=O) groups is 1. The summed E-state index contributed by atoms with van der Waals surface area (Å²) in [5.41, 5.74) is 3.08. The van der Waals surface area contributed by atoms with Crippen LogP contribution < -0.4 is 10.6 Å². The van der Waals surface area contributed by atoms with Crippen LogP contribution in [0.1, 0.15) is 24.1 Å². The number of nitrogens with one attached hydrogen (secondary N) is 2. The molecule has 0 spiro atoms. The SMILES string of the molecule is CCOC(=O)C1=C(c2ccccc2)NC(=S)N[C@@H]1c1cccc2ccccc12. The summed E-state index contributed by atoms with van der Waals surface area (Å²) in [7, 11) is 0. The summed E-state index contributed by atoms with van der Waals surface area (Å²) in [5.74, 6) is -0.359. The predicted molar refractivity (Wildman–Crippen MR) is 116 cm³/mol. The number of esters is 1. The molecule has 0 amide bonds. The van der Waals surface area contributed by atoms with Crippen molar-refractivity contribution in [3.63, 3.8) is 0 Å². The standard InChI is InChI=1S/C23H20N2O2S/c1-2-27-22(26)19-20(16-10-4-3-5-11-16)24-23(28)25-21(19)18-14-8-12-15-9-6-7-13-17(15)18/h3-14,21H,2H2,1H3,(H2,24,25,28)/t21-/m1/s1. The van der Waals surface area contributed by atoms with Gasteiger partial charge in [-0.1, -0.05) is 72.8 Å². The van der Waals surface area contributed by atoms with Crippen molar-refractivity contribution in [1.82, 2.24) is 10.6 Å². The second-order valence-electron chi connectivity index (χ2n) is 6.48. The molecule has 0 unspecified atom stereocenters. The van der Waals surface area contributed by atoms with E-state index in [-0.39, 0.29) is 5.97 Å². The van der Waals surface area contributed by atoms with Crippen molar-refractivity contribution in [2.24, 2.45) is 0 Å². The molecule has 3 aromatic rings. The molecule has 0 saturated carbocycles. The summed E-state index contributed by atoms with van der Waals surface area (Å²) in [4.78, 5) is 13.0. The zero-order chi connectivity index (χ0) is 19.5. The predicted octanol–water partition coefficient (Wildman–Crippen LogP) is 4.33. The molecule has 4 rings (SSSR count). The molecule has 0 radical (unpaired) electrons. The highest BCUT2D eigenvalue weighted by Gasteiger charge is 2.33. The molecular formula is C23H20N2O2S. The minimum atomic E-state index is -0.408. The number of rotatable bonds is 4. The van der Waals surface area contributed by atoms with E-state index in [4.69, 9.17) is 17.0 Å². The second kappa shape index (κ2) is 7.82. The van der Waals surface area contributed by atoms with E-state index in [0.717, 1.165) is 21.9 Å². The Morgan fingerprint density at radius 3 is 2.50 bits per heavy atom. The van der Waals surface area contributed by atoms with E-state index in [0.29, 0.717) is 23.0 Å². The minimum Gasteiger partial charge on any atom is -0.463 e. The van der Waals surface area contributed by atoms with E-state index >= 15 is 0 Å². The van der Waals surface area contributed by atoms with Crippen LogP contribution in [0.3, 0.4) is 0 Å². The van der Waals surface area contributed by atoms with Gasteiger partial charge in [0.1, 0.15) is 0 Å². The summed E-state index contributed by atoms with van der Waals surface area (Å²) < 4.78 is 5.41. The minimum absolute atomic E-state index is 0.303. The van der Waals surface area contributed by atoms with Gasteiger partial charge in [-0.3, -0.25) is 0 Å². The Bertz CT molecular complexity index is 1070. The van der Waals surface area contributed by atoms with Crippen LogP contribution in [-0.2, 0) is 9.53 Å². The van der Waals surface area contributed by atoms with Gasteiger partial charge in [-0.25, -0.2) is 4.79 Å². The van der Waals surface area contributed by atoms with Crippen molar-refractivity contribution in [2.45, 2.75) is 13.0 Å². The fraction of sp³-hybridized carbons (Fsp3) is 0.130. The van der Waals surface area contributed by atoms with Crippen molar-refractivity contribution in [1.29, 1.82) is 0 Å². The lowest BCUT2D eigenvalue weighted by Gasteiger charge is -2.31. The maximum Gasteiger partial charge on any atom is 0.338 e. The largest absolute Gasteiger partial charge is 0.463 e. The van der Waals surface area contributed by atoms with Crippen LogP contribution in [0.2, 0.25) is 0 Å². The van der Waals surface area contributed by atoms with Crippen molar-refractivity contribution in [3.8, 4) is 0 Å². The quantitative estimate of drug-likeness (QED) is 0.515. The Morgan fingerprint density at radius 1 is 1.00 bits per heavy atom. The zero-order valence-electron chi connectivity index (χ0n) is 15.4. The molecule has 1 aliphatic heterocycles. The van der Waals surface area contributed by atoms with Gasteiger partial charge >= 0.3 is 5.97 Å². The molecule has 0 saturated heterocycles. The van der Waals surface area contributed by atoms with Crippen LogP contribution in [-0.4, -0.2) is 17.7 Å². The van der Waals surface area contributed by atoms with Gasteiger partial charge in [0, 0.05) is 0 Å². The lowest BCUT2D eigenvalue weighted by atomic mass is 9.90. The summed E-state index contributed by atoms with van der Waals surface area (Å²) in [6, 6.07) is 23.5. The monoisotopic (exact) mass is 388 g/mol. The first kappa shape index (κ1) is 18.2. The molecule has 3 aromatic carbocycles. The van der Waals surface area contributed by atoms with Crippen molar-refractivity contribution >= 4 is 39.8 Å². The van der Waals surface area contributed by atoms with Gasteiger partial charge in [-0.2, -0.15) is 0 Å². The van der Waals surface area contributed by atoms with Crippen LogP contribution in [0.25, 0.3) is 16.5 Å². The third kappa shape index (κ3) is 3.37. The number of hydrogen-bond acceptors (Lipinski definition) is 3. The Kier molecular flexibility index (Phi) is 5.08. The van der Waals surface area contributed by atoms with E-state index in [9.17, 15) is 4.79 Å². The van der Waals surface area contributed by atoms with Gasteiger partial charge in [0.2, 0.25) is 0 Å². The summed E-state index contributed by atoms with van der Waals surface area (Å²) in [6.45, 7) is 2.11. The first-order valence-electron chi connectivity index (χ1n) is 9.21. The van der Waals surface area contributed by atoms with E-state index in [1.165, 1.54) is 0 Å². The summed E-state index contributed by atoms with van der Waals surface area (Å²) in [6.07, 6.45) is 0. The molecule has 0 fully saturated rings. The highest BCUT2D eigenvalue weighted by Crippen LogP contribution is 2.35. The molecule has 5 heteroatoms. The van der Waals surface area contributed by atoms with Gasteiger partial charge in [0.15, 0.2) is 5.11 Å². The van der Waals surface area contributed by atoms with Crippen LogP contribution in [0.15, 0.2) is 78.4 Å². The first-order valence-corrected chi connectivity index (χ1v) is 9.61. The molecule has 0 aliphatic carbocycles. The molecular weight excluding hydrogens is 368 g/mol. The van der Waals surface area contributed by atoms with Gasteiger partial charge in [-0.15, -0.1) is 0 Å². The highest BCUT2D eigenvalue weighted by molar-refractivity contribution is 7.80. The van der Waals surface area contributed by atoms with Gasteiger partial charge in [0.05, 0.1) is 23.9 Å². The fourth-order valence-electron chi connectivity index (χ4n) is 3.56. The molecule has 0 bridgehead atoms. The molecule has 28 heavy (non-hydrogen) atoms. The lowest BCUT2D eigenvalue weighted by Crippen LogP contribution is -2.45. The fourth-order valence-corrected chi connectivity index (χ4v) is 3.78. The Labute approximate surface area is 169 Å². The van der Waals surface area contributed by atoms with Gasteiger partial charge in [0.25, 0.3) is 0 Å². The number of thiocarbonyl (C=S) groups is 1. The Morgan fingerprint density at radius 2 is 1.71 bits per heavy atom. The summed E-state index contributed by atoms with van der Waals surface area (Å²) >= 11 is 5.48. The van der Waals surface area contributed by atoms with Crippen molar-refractivity contribution < 1.29 is 9.53 Å². The maximum absolute atomic E-state index is 13.0. The van der Waals surface area contributed by atoms with Crippen LogP contribution in [0.5, 0.6) is 0 Å². The van der Waals surface area contributed by atoms with E-state index in [2.05, 4.69) is 28.8 Å². The van der Waals surface area contributed by atoms with Crippen LogP contribution in [0, 0.1) is 0 Å². The number of hydrogen-bond donors (Lipinski definition) is 2. The smallest absolute Gasteiger partial charge is 0.338 e. The molecule has 1 heterocycles. The van der Waals surface area contributed by atoms with E-state index in [1.807, 2.05) is 61.5 Å². The van der Waals surface area contributed by atoms with E-state index < -0.39 is 6.04 Å². The number of benzene rings is 3. The Balaban J connectivity index is 1.96. The molecule has 0 aromatic heterocycles. The van der Waals surface area contributed by atoms with Crippen LogP contribution in [0.4, 0.5) is 0 Å². The van der Waals surface area contributed by atoms with Gasteiger partial charge in [-0.05, 0) is 41.0 Å². The average molecular weight is 388 g/mol. The first-order chi connectivity index (χ1) is 13.7. The average Bonchev–Trinajstić information content (AvgIpc) is 2.73. The van der Waals surface area contributed by atoms with Gasteiger partial charge < -0.3 is 15.4 Å². The second-order valence-corrected chi connectivity index (χ2v) is 6.88. The molecule has 2 N–H and O–H groups in total. The van der Waals surface area contributed by atoms with E-state index in [1.54, 1.807) is 0 Å². The van der Waals surface area contributed by atoms with Crippen molar-refractivity contribution in [2.75, 3.05) is 6.61 Å². The zero-order valence-corrected chi connectivity index (χ0v) is 16.3. The molecule has 140 valence electrons. The number of ether oxygens (including phenoxy) is 1. The third-order valence-corrected chi connectivity index (χ3v) is 4.98. The van der Waals surface area contributed by atoms with Crippen molar-refractivity contribution in [3.05, 3.63) is 89.5 Å². The normalized spacial score (nSPS) is 16.5. The third-order valence-electron chi connectivity index (χ3n) is 4.76. The lowest BCUT2D eigenvalue weighted by molar-refractivity contribution is -0.138. The number of carbonyl (C=O) groups excluding carboxylic acids is 1. The molecule has 1 aliphatic rings. The highest BCUT2D eigenvalue weighted by atomic mass is 32.1. The maximum atomic E-state index is 13.0.